The van der Waals surface area contributed by atoms with Crippen LogP contribution in [0, 0.1) is 6.92 Å². The molecule has 1 amide bonds. The third kappa shape index (κ3) is 2.63. The minimum atomic E-state index is -0.454. The molecule has 0 fully saturated rings. The lowest BCUT2D eigenvalue weighted by Crippen LogP contribution is -2.37. The molecule has 0 aliphatic carbocycles. The van der Waals surface area contributed by atoms with E-state index in [1.54, 1.807) is 12.3 Å². The normalized spacial score (nSPS) is 12.2. The second kappa shape index (κ2) is 4.32. The van der Waals surface area contributed by atoms with Gasteiger partial charge in [0.2, 0.25) is 0 Å². The van der Waals surface area contributed by atoms with Crippen molar-refractivity contribution in [2.24, 2.45) is 0 Å². The van der Waals surface area contributed by atoms with E-state index in [0.29, 0.717) is 5.69 Å². The Morgan fingerprint density at radius 1 is 1.57 bits per heavy atom. The standard InChI is InChI=1S/C9H12N2O2S/c1-5(6(2)12)10-9(13)8-4-14-7(3)11-8/h4-5H,1-3H3,(H,10,13). The van der Waals surface area contributed by atoms with E-state index >= 15 is 0 Å². The smallest absolute Gasteiger partial charge is 0.271 e. The zero-order valence-electron chi connectivity index (χ0n) is 8.33. The van der Waals surface area contributed by atoms with Crippen LogP contribution in [0.4, 0.5) is 0 Å². The van der Waals surface area contributed by atoms with Gasteiger partial charge in [0.05, 0.1) is 11.0 Å². The van der Waals surface area contributed by atoms with Gasteiger partial charge in [-0.25, -0.2) is 4.98 Å². The van der Waals surface area contributed by atoms with E-state index in [1.807, 2.05) is 6.92 Å². The van der Waals surface area contributed by atoms with Gasteiger partial charge in [-0.15, -0.1) is 11.3 Å². The molecule has 1 unspecified atom stereocenters. The molecule has 5 heteroatoms. The molecule has 1 N–H and O–H groups in total. The SMILES string of the molecule is CC(=O)C(C)NC(=O)c1csc(C)n1. The fourth-order valence-corrected chi connectivity index (χ4v) is 1.43. The quantitative estimate of drug-likeness (QED) is 0.817. The minimum absolute atomic E-state index is 0.0645. The first-order chi connectivity index (χ1) is 6.50. The summed E-state index contributed by atoms with van der Waals surface area (Å²) in [6.07, 6.45) is 0. The topological polar surface area (TPSA) is 59.1 Å². The van der Waals surface area contributed by atoms with Gasteiger partial charge in [-0.1, -0.05) is 0 Å². The first-order valence-electron chi connectivity index (χ1n) is 4.24. The Labute approximate surface area is 86.4 Å². The predicted molar refractivity (Wildman–Crippen MR) is 54.5 cm³/mol. The summed E-state index contributed by atoms with van der Waals surface area (Å²) in [4.78, 5) is 26.4. The fourth-order valence-electron chi connectivity index (χ4n) is 0.840. The van der Waals surface area contributed by atoms with Crippen LogP contribution in [0.3, 0.4) is 0 Å². The van der Waals surface area contributed by atoms with Crippen molar-refractivity contribution in [2.75, 3.05) is 0 Å². The molecule has 0 spiro atoms. The Kier molecular flexibility index (Phi) is 3.35. The summed E-state index contributed by atoms with van der Waals surface area (Å²) in [5, 5.41) is 5.08. The Balaban J connectivity index is 2.63. The summed E-state index contributed by atoms with van der Waals surface area (Å²) in [5.74, 6) is -0.359. The van der Waals surface area contributed by atoms with Crippen molar-refractivity contribution in [2.45, 2.75) is 26.8 Å². The van der Waals surface area contributed by atoms with Crippen molar-refractivity contribution in [3.8, 4) is 0 Å². The molecule has 1 aromatic rings. The van der Waals surface area contributed by atoms with Crippen LogP contribution in [0.5, 0.6) is 0 Å². The van der Waals surface area contributed by atoms with Crippen LogP contribution in [-0.4, -0.2) is 22.7 Å². The molecule has 0 saturated heterocycles. The molecule has 0 saturated carbocycles. The van der Waals surface area contributed by atoms with E-state index in [1.165, 1.54) is 18.3 Å². The van der Waals surface area contributed by atoms with Gasteiger partial charge in [-0.05, 0) is 20.8 Å². The van der Waals surface area contributed by atoms with Gasteiger partial charge < -0.3 is 5.32 Å². The Morgan fingerprint density at radius 3 is 2.64 bits per heavy atom. The van der Waals surface area contributed by atoms with Crippen molar-refractivity contribution in [3.05, 3.63) is 16.1 Å². The van der Waals surface area contributed by atoms with E-state index in [2.05, 4.69) is 10.3 Å². The molecule has 76 valence electrons. The molecule has 0 aliphatic rings. The van der Waals surface area contributed by atoms with Crippen LogP contribution in [0.1, 0.15) is 29.3 Å². The molecule has 0 aliphatic heterocycles. The van der Waals surface area contributed by atoms with Gasteiger partial charge in [0.25, 0.3) is 5.91 Å². The van der Waals surface area contributed by atoms with E-state index in [9.17, 15) is 9.59 Å². The van der Waals surface area contributed by atoms with Gasteiger partial charge in [0.15, 0.2) is 5.78 Å². The number of aryl methyl sites for hydroxylation is 1. The number of ketones is 1. The average Bonchev–Trinajstić information content (AvgIpc) is 2.51. The van der Waals surface area contributed by atoms with Gasteiger partial charge in [-0.2, -0.15) is 0 Å². The maximum atomic E-state index is 11.5. The fraction of sp³-hybridized carbons (Fsp3) is 0.444. The van der Waals surface area contributed by atoms with Crippen LogP contribution in [0.15, 0.2) is 5.38 Å². The minimum Gasteiger partial charge on any atom is -0.341 e. The Morgan fingerprint density at radius 2 is 2.21 bits per heavy atom. The molecule has 4 nitrogen and oxygen atoms in total. The maximum absolute atomic E-state index is 11.5. The first kappa shape index (κ1) is 10.8. The van der Waals surface area contributed by atoms with Gasteiger partial charge in [0.1, 0.15) is 5.69 Å². The highest BCUT2D eigenvalue weighted by atomic mass is 32.1. The number of carbonyl (C=O) groups excluding carboxylic acids is 2. The number of carbonyl (C=O) groups is 2. The van der Waals surface area contributed by atoms with Crippen LogP contribution in [0.25, 0.3) is 0 Å². The average molecular weight is 212 g/mol. The molecule has 1 atom stereocenters. The van der Waals surface area contributed by atoms with E-state index in [0.717, 1.165) is 5.01 Å². The number of amides is 1. The number of nitrogens with one attached hydrogen (secondary N) is 1. The highest BCUT2D eigenvalue weighted by Gasteiger charge is 2.14. The third-order valence-electron chi connectivity index (χ3n) is 1.81. The monoisotopic (exact) mass is 212 g/mol. The zero-order chi connectivity index (χ0) is 10.7. The Bertz CT molecular complexity index is 359. The van der Waals surface area contributed by atoms with Crippen molar-refractivity contribution in [3.63, 3.8) is 0 Å². The van der Waals surface area contributed by atoms with Crippen LogP contribution < -0.4 is 5.32 Å². The first-order valence-corrected chi connectivity index (χ1v) is 5.12. The molecule has 1 aromatic heterocycles. The van der Waals surface area contributed by atoms with Crippen molar-refractivity contribution >= 4 is 23.0 Å². The second-order valence-corrected chi connectivity index (χ2v) is 4.12. The lowest BCUT2D eigenvalue weighted by Gasteiger charge is -2.08. The predicted octanol–water partition coefficient (Wildman–Crippen LogP) is 1.16. The van der Waals surface area contributed by atoms with Gasteiger partial charge in [0, 0.05) is 5.38 Å². The highest BCUT2D eigenvalue weighted by Crippen LogP contribution is 2.07. The molecular formula is C9H12N2O2S. The van der Waals surface area contributed by atoms with Crippen molar-refractivity contribution < 1.29 is 9.59 Å². The van der Waals surface area contributed by atoms with E-state index in [4.69, 9.17) is 0 Å². The molecule has 1 rings (SSSR count). The number of Topliss-reactive ketones (excluding diaryl/α,β-unsaturated/α-hetero) is 1. The largest absolute Gasteiger partial charge is 0.341 e. The molecule has 0 aromatic carbocycles. The summed E-state index contributed by atoms with van der Waals surface area (Å²) in [7, 11) is 0. The number of nitrogens with zero attached hydrogens (tertiary/aromatic N) is 1. The second-order valence-electron chi connectivity index (χ2n) is 3.06. The summed E-state index contributed by atoms with van der Waals surface area (Å²) in [5.41, 5.74) is 0.376. The number of rotatable bonds is 3. The third-order valence-corrected chi connectivity index (χ3v) is 2.58. The van der Waals surface area contributed by atoms with Gasteiger partial charge >= 0.3 is 0 Å². The van der Waals surface area contributed by atoms with Gasteiger partial charge in [-0.3, -0.25) is 9.59 Å². The van der Waals surface area contributed by atoms with Crippen LogP contribution in [-0.2, 0) is 4.79 Å². The Hall–Kier alpha value is -1.23. The number of hydrogen-bond acceptors (Lipinski definition) is 4. The summed E-state index contributed by atoms with van der Waals surface area (Å²) in [6.45, 7) is 4.92. The summed E-state index contributed by atoms with van der Waals surface area (Å²) >= 11 is 1.41. The van der Waals surface area contributed by atoms with Crippen molar-refractivity contribution in [1.82, 2.24) is 10.3 Å². The molecule has 1 heterocycles. The number of aromatic nitrogens is 1. The van der Waals surface area contributed by atoms with Crippen LogP contribution in [0.2, 0.25) is 0 Å². The van der Waals surface area contributed by atoms with E-state index in [-0.39, 0.29) is 11.7 Å². The molecular weight excluding hydrogens is 200 g/mol. The van der Waals surface area contributed by atoms with E-state index < -0.39 is 6.04 Å². The van der Waals surface area contributed by atoms with Crippen molar-refractivity contribution in [1.29, 1.82) is 0 Å². The zero-order valence-corrected chi connectivity index (χ0v) is 9.14. The molecule has 0 radical (unpaired) electrons. The lowest BCUT2D eigenvalue weighted by atomic mass is 10.2. The number of thiazole rings is 1. The highest BCUT2D eigenvalue weighted by molar-refractivity contribution is 7.09. The van der Waals surface area contributed by atoms with Crippen LogP contribution >= 0.6 is 11.3 Å². The molecule has 14 heavy (non-hydrogen) atoms. The molecule has 0 bridgehead atoms. The lowest BCUT2D eigenvalue weighted by molar-refractivity contribution is -0.118. The number of hydrogen-bond donors (Lipinski definition) is 1. The maximum Gasteiger partial charge on any atom is 0.271 e. The summed E-state index contributed by atoms with van der Waals surface area (Å²) < 4.78 is 0. The summed E-state index contributed by atoms with van der Waals surface area (Å²) in [6, 6.07) is -0.454.